The maximum atomic E-state index is 14.2. The third-order valence-electron chi connectivity index (χ3n) is 2.98. The van der Waals surface area contributed by atoms with Crippen LogP contribution in [0.15, 0.2) is 33.2 Å². The molecule has 0 saturated carbocycles. The van der Waals surface area contributed by atoms with Crippen molar-refractivity contribution in [3.63, 3.8) is 0 Å². The highest BCUT2D eigenvalue weighted by Gasteiger charge is 2.13. The highest BCUT2D eigenvalue weighted by Crippen LogP contribution is 2.34. The minimum absolute atomic E-state index is 0.176. The summed E-state index contributed by atoms with van der Waals surface area (Å²) in [5.41, 5.74) is 8.32. The second-order valence-electron chi connectivity index (χ2n) is 4.53. The molecule has 2 rings (SSSR count). The molecule has 0 unspecified atom stereocenters. The van der Waals surface area contributed by atoms with Gasteiger partial charge in [0, 0.05) is 11.0 Å². The fourth-order valence-corrected chi connectivity index (χ4v) is 2.62. The Morgan fingerprint density at radius 3 is 2.25 bits per heavy atom. The molecule has 0 spiro atoms. The molecule has 106 valence electrons. The van der Waals surface area contributed by atoms with Crippen LogP contribution in [0.3, 0.4) is 0 Å². The van der Waals surface area contributed by atoms with Crippen LogP contribution in [0.2, 0.25) is 0 Å². The third-order valence-corrected chi connectivity index (χ3v) is 5.09. The topological polar surface area (TPSA) is 35.2 Å². The largest absolute Gasteiger partial charge is 0.454 e. The van der Waals surface area contributed by atoms with Crippen molar-refractivity contribution in [1.29, 1.82) is 0 Å². The average Bonchev–Trinajstić information content (AvgIpc) is 2.41. The smallest absolute Gasteiger partial charge is 0.180 e. The zero-order valence-corrected chi connectivity index (χ0v) is 14.3. The quantitative estimate of drug-likeness (QED) is 0.763. The number of benzene rings is 2. The second-order valence-corrected chi connectivity index (χ2v) is 6.11. The van der Waals surface area contributed by atoms with Gasteiger partial charge in [-0.1, -0.05) is 22.0 Å². The van der Waals surface area contributed by atoms with E-state index in [0.717, 1.165) is 15.6 Å². The lowest BCUT2D eigenvalue weighted by Crippen LogP contribution is -2.00. The first kappa shape index (κ1) is 15.5. The molecule has 2 nitrogen and oxygen atoms in total. The van der Waals surface area contributed by atoms with Crippen molar-refractivity contribution in [1.82, 2.24) is 0 Å². The molecule has 20 heavy (non-hydrogen) atoms. The molecule has 0 heterocycles. The summed E-state index contributed by atoms with van der Waals surface area (Å²) in [5.74, 6) is 0.343. The lowest BCUT2D eigenvalue weighted by atomic mass is 10.1. The van der Waals surface area contributed by atoms with E-state index in [9.17, 15) is 4.39 Å². The van der Waals surface area contributed by atoms with Gasteiger partial charge in [-0.25, -0.2) is 4.39 Å². The van der Waals surface area contributed by atoms with Gasteiger partial charge in [0.15, 0.2) is 11.6 Å². The van der Waals surface area contributed by atoms with E-state index in [4.69, 9.17) is 10.5 Å². The Bertz CT molecular complexity index is 636. The molecular weight excluding hydrogens is 389 g/mol. The summed E-state index contributed by atoms with van der Waals surface area (Å²) >= 11 is 6.70. The Morgan fingerprint density at radius 1 is 1.10 bits per heavy atom. The van der Waals surface area contributed by atoms with Crippen molar-refractivity contribution in [3.05, 3.63) is 55.7 Å². The molecule has 0 atom stereocenters. The Hall–Kier alpha value is -0.910. The van der Waals surface area contributed by atoms with Crippen molar-refractivity contribution in [3.8, 4) is 11.5 Å². The average molecular weight is 403 g/mol. The summed E-state index contributed by atoms with van der Waals surface area (Å²) in [5, 5.41) is 0. The normalized spacial score (nSPS) is 10.7. The van der Waals surface area contributed by atoms with Crippen LogP contribution in [-0.2, 0) is 6.54 Å². The van der Waals surface area contributed by atoms with Gasteiger partial charge in [0.2, 0.25) is 0 Å². The highest BCUT2D eigenvalue weighted by molar-refractivity contribution is 9.10. The van der Waals surface area contributed by atoms with Gasteiger partial charge in [-0.15, -0.1) is 0 Å². The molecule has 0 aliphatic heterocycles. The number of aryl methyl sites for hydroxylation is 2. The number of ether oxygens (including phenoxy) is 1. The van der Waals surface area contributed by atoms with Crippen molar-refractivity contribution in [2.75, 3.05) is 0 Å². The molecule has 2 aromatic carbocycles. The summed E-state index contributed by atoms with van der Waals surface area (Å²) in [6, 6.07) is 7.07. The van der Waals surface area contributed by atoms with Gasteiger partial charge in [0.1, 0.15) is 5.75 Å². The summed E-state index contributed by atoms with van der Waals surface area (Å²) in [6.45, 7) is 4.20. The van der Waals surface area contributed by atoms with Gasteiger partial charge >= 0.3 is 0 Å². The summed E-state index contributed by atoms with van der Waals surface area (Å²) in [6.07, 6.45) is 0. The maximum Gasteiger partial charge on any atom is 0.180 e. The lowest BCUT2D eigenvalue weighted by Gasteiger charge is -2.12. The number of rotatable bonds is 3. The van der Waals surface area contributed by atoms with Gasteiger partial charge < -0.3 is 10.5 Å². The first-order valence-electron chi connectivity index (χ1n) is 6.05. The molecule has 0 radical (unpaired) electrons. The van der Waals surface area contributed by atoms with Crippen molar-refractivity contribution in [2.24, 2.45) is 5.73 Å². The Kier molecular flexibility index (Phi) is 4.83. The third kappa shape index (κ3) is 3.05. The predicted molar refractivity (Wildman–Crippen MR) is 85.7 cm³/mol. The van der Waals surface area contributed by atoms with Crippen molar-refractivity contribution >= 4 is 31.9 Å². The van der Waals surface area contributed by atoms with E-state index in [-0.39, 0.29) is 12.3 Å². The SMILES string of the molecule is Cc1cc(Oc2ccc(CN)c(Br)c2F)cc(C)c1Br. The Morgan fingerprint density at radius 2 is 1.70 bits per heavy atom. The zero-order chi connectivity index (χ0) is 14.9. The molecule has 2 N–H and O–H groups in total. The molecule has 0 amide bonds. The van der Waals surface area contributed by atoms with Crippen molar-refractivity contribution < 1.29 is 9.13 Å². The van der Waals surface area contributed by atoms with Crippen LogP contribution in [0, 0.1) is 19.7 Å². The van der Waals surface area contributed by atoms with E-state index in [0.29, 0.717) is 15.8 Å². The van der Waals surface area contributed by atoms with E-state index in [2.05, 4.69) is 31.9 Å². The molecule has 5 heteroatoms. The van der Waals surface area contributed by atoms with Crippen LogP contribution in [0.5, 0.6) is 11.5 Å². The monoisotopic (exact) mass is 401 g/mol. The molecular formula is C15H14Br2FNO. The fraction of sp³-hybridized carbons (Fsp3) is 0.200. The van der Waals surface area contributed by atoms with Crippen LogP contribution in [0.1, 0.15) is 16.7 Å². The maximum absolute atomic E-state index is 14.2. The van der Waals surface area contributed by atoms with Crippen LogP contribution < -0.4 is 10.5 Å². The Labute approximate surface area is 134 Å². The second kappa shape index (κ2) is 6.24. The molecule has 0 bridgehead atoms. The standard InChI is InChI=1S/C15H14Br2FNO/c1-8-5-11(6-9(2)13(8)16)20-12-4-3-10(7-19)14(17)15(12)18/h3-6H,7,19H2,1-2H3. The van der Waals surface area contributed by atoms with Gasteiger partial charge in [0.05, 0.1) is 4.47 Å². The highest BCUT2D eigenvalue weighted by atomic mass is 79.9. The molecule has 2 aromatic rings. The van der Waals surface area contributed by atoms with Crippen LogP contribution in [-0.4, -0.2) is 0 Å². The number of nitrogens with two attached hydrogens (primary N) is 1. The number of hydrogen-bond donors (Lipinski definition) is 1. The molecule has 0 aromatic heterocycles. The molecule has 0 aliphatic rings. The summed E-state index contributed by atoms with van der Waals surface area (Å²) in [4.78, 5) is 0. The fourth-order valence-electron chi connectivity index (χ4n) is 1.90. The van der Waals surface area contributed by atoms with E-state index < -0.39 is 5.82 Å². The minimum Gasteiger partial charge on any atom is -0.454 e. The molecule has 0 fully saturated rings. The van der Waals surface area contributed by atoms with Crippen LogP contribution in [0.4, 0.5) is 4.39 Å². The van der Waals surface area contributed by atoms with E-state index in [1.165, 1.54) is 0 Å². The van der Waals surface area contributed by atoms with E-state index >= 15 is 0 Å². The zero-order valence-electron chi connectivity index (χ0n) is 11.1. The van der Waals surface area contributed by atoms with Gasteiger partial charge in [0.25, 0.3) is 0 Å². The van der Waals surface area contributed by atoms with Crippen LogP contribution >= 0.6 is 31.9 Å². The lowest BCUT2D eigenvalue weighted by molar-refractivity contribution is 0.439. The predicted octanol–water partition coefficient (Wildman–Crippen LogP) is 5.22. The van der Waals surface area contributed by atoms with E-state index in [1.54, 1.807) is 12.1 Å². The van der Waals surface area contributed by atoms with Gasteiger partial charge in [-0.2, -0.15) is 0 Å². The first-order valence-corrected chi connectivity index (χ1v) is 7.64. The molecule has 0 saturated heterocycles. The first-order chi connectivity index (χ1) is 9.43. The summed E-state index contributed by atoms with van der Waals surface area (Å²) < 4.78 is 21.2. The molecule has 0 aliphatic carbocycles. The Balaban J connectivity index is 2.38. The van der Waals surface area contributed by atoms with E-state index in [1.807, 2.05) is 26.0 Å². The van der Waals surface area contributed by atoms with Crippen molar-refractivity contribution in [2.45, 2.75) is 20.4 Å². The van der Waals surface area contributed by atoms with Gasteiger partial charge in [-0.3, -0.25) is 0 Å². The number of hydrogen-bond acceptors (Lipinski definition) is 2. The van der Waals surface area contributed by atoms with Gasteiger partial charge in [-0.05, 0) is 64.7 Å². The summed E-state index contributed by atoms with van der Waals surface area (Å²) in [7, 11) is 0. The van der Waals surface area contributed by atoms with Crippen LogP contribution in [0.25, 0.3) is 0 Å². The number of halogens is 3. The minimum atomic E-state index is -0.439.